The van der Waals surface area contributed by atoms with Crippen molar-refractivity contribution in [3.05, 3.63) is 102 Å². The first-order valence-electron chi connectivity index (χ1n) is 12.7. The molecule has 0 aliphatic heterocycles. The summed E-state index contributed by atoms with van der Waals surface area (Å²) in [4.78, 5) is 0.174. The highest BCUT2D eigenvalue weighted by Gasteiger charge is 2.42. The Morgan fingerprint density at radius 1 is 0.917 bits per heavy atom. The second-order valence-electron chi connectivity index (χ2n) is 9.46. The molecule has 3 aromatic rings. The predicted octanol–water partition coefficient (Wildman–Crippen LogP) is 5.39. The van der Waals surface area contributed by atoms with Gasteiger partial charge in [-0.3, -0.25) is 4.18 Å². The highest BCUT2D eigenvalue weighted by atomic mass is 32.2. The van der Waals surface area contributed by atoms with Gasteiger partial charge in [-0.15, -0.1) is 0 Å². The molecule has 1 N–H and O–H groups in total. The summed E-state index contributed by atoms with van der Waals surface area (Å²) in [5.41, 5.74) is 1.45. The quantitative estimate of drug-likeness (QED) is 0.141. The van der Waals surface area contributed by atoms with Gasteiger partial charge in [-0.25, -0.2) is 0 Å². The fraction of sp³-hybridized carbons (Fsp3) is 0.333. The molecule has 0 radical (unpaired) electrons. The maximum Gasteiger partial charge on any atom is 0.296 e. The van der Waals surface area contributed by atoms with Crippen LogP contribution >= 0.6 is 0 Å². The molecule has 0 aliphatic rings. The first-order chi connectivity index (χ1) is 17.3. The van der Waals surface area contributed by atoms with E-state index < -0.39 is 23.9 Å². The molecule has 3 rings (SSSR count). The molecule has 0 saturated heterocycles. The van der Waals surface area contributed by atoms with E-state index in [9.17, 15) is 13.5 Å². The van der Waals surface area contributed by atoms with Crippen molar-refractivity contribution in [2.24, 2.45) is 0 Å². The van der Waals surface area contributed by atoms with Gasteiger partial charge in [0, 0.05) is 0 Å². The molecule has 0 fully saturated rings. The second kappa shape index (κ2) is 13.2. The summed E-state index contributed by atoms with van der Waals surface area (Å²) in [5.74, 6) is 0. The van der Waals surface area contributed by atoms with Crippen LogP contribution in [-0.4, -0.2) is 33.9 Å². The summed E-state index contributed by atoms with van der Waals surface area (Å²) in [6.45, 7) is 6.21. The predicted molar refractivity (Wildman–Crippen MR) is 151 cm³/mol. The highest BCUT2D eigenvalue weighted by Crippen LogP contribution is 2.22. The van der Waals surface area contributed by atoms with E-state index in [1.54, 1.807) is 24.3 Å². The van der Waals surface area contributed by atoms with Crippen LogP contribution in [0.4, 0.5) is 0 Å². The van der Waals surface area contributed by atoms with E-state index in [0.29, 0.717) is 12.8 Å². The summed E-state index contributed by atoms with van der Waals surface area (Å²) in [5, 5.41) is 14.2. The van der Waals surface area contributed by atoms with Crippen LogP contribution in [0.1, 0.15) is 45.1 Å². The molecule has 0 heterocycles. The number of hydrogen-bond donors (Lipinski definition) is 1. The van der Waals surface area contributed by atoms with Gasteiger partial charge < -0.3 is 5.11 Å². The average molecular weight is 523 g/mol. The van der Waals surface area contributed by atoms with E-state index in [1.165, 1.54) is 10.4 Å². The van der Waals surface area contributed by atoms with Gasteiger partial charge in [0.2, 0.25) is 0 Å². The smallest absolute Gasteiger partial charge is 0.296 e. The topological polar surface area (TPSA) is 63.6 Å². The number of aliphatic hydroxyl groups excluding tert-OH is 1. The lowest BCUT2D eigenvalue weighted by Gasteiger charge is -2.36. The molecule has 3 aromatic carbocycles. The van der Waals surface area contributed by atoms with Crippen LogP contribution in [0.15, 0.2) is 101 Å². The summed E-state index contributed by atoms with van der Waals surface area (Å²) < 4.78 is 30.1. The third kappa shape index (κ3) is 7.04. The van der Waals surface area contributed by atoms with Crippen molar-refractivity contribution in [1.29, 1.82) is 0 Å². The standard InChI is InChI=1S/C30H38O4SSi/c1-4-5-23-36(28-14-8-6-9-15-28,29-16-10-7-11-17-29)30(31)24-26(3)13-12-22-34-35(32,33)27-20-18-25(2)19-21-27/h6-11,14-21,24,30-31H,4-5,12-13,22-23H2,1-3H3. The Hall–Kier alpha value is -2.51. The van der Waals surface area contributed by atoms with Gasteiger partial charge >= 0.3 is 0 Å². The van der Waals surface area contributed by atoms with Crippen molar-refractivity contribution in [1.82, 2.24) is 0 Å². The number of hydrogen-bond acceptors (Lipinski definition) is 4. The van der Waals surface area contributed by atoms with Crippen LogP contribution in [0, 0.1) is 6.92 Å². The first-order valence-corrected chi connectivity index (χ1v) is 16.4. The van der Waals surface area contributed by atoms with Crippen molar-refractivity contribution < 1.29 is 17.7 Å². The number of unbranched alkanes of at least 4 members (excludes halogenated alkanes) is 1. The average Bonchev–Trinajstić information content (AvgIpc) is 2.88. The van der Waals surface area contributed by atoms with Crippen LogP contribution in [-0.2, 0) is 14.3 Å². The summed E-state index contributed by atoms with van der Waals surface area (Å²) in [6, 6.07) is 28.5. The van der Waals surface area contributed by atoms with E-state index in [-0.39, 0.29) is 11.5 Å². The summed E-state index contributed by atoms with van der Waals surface area (Å²) in [6.07, 6.45) is 5.32. The molecule has 0 spiro atoms. The molecule has 0 saturated carbocycles. The molecular weight excluding hydrogens is 484 g/mol. The Kier molecular flexibility index (Phi) is 10.3. The van der Waals surface area contributed by atoms with Crippen LogP contribution < -0.4 is 10.4 Å². The van der Waals surface area contributed by atoms with Gasteiger partial charge in [0.1, 0.15) is 0 Å². The number of benzene rings is 3. The SMILES string of the molecule is CCCC[Si](c1ccccc1)(c1ccccc1)C(O)C=C(C)CCCOS(=O)(=O)c1ccc(C)cc1. The zero-order valence-electron chi connectivity index (χ0n) is 21.6. The second-order valence-corrected chi connectivity index (χ2v) is 15.3. The van der Waals surface area contributed by atoms with Crippen molar-refractivity contribution >= 4 is 28.6 Å². The van der Waals surface area contributed by atoms with Gasteiger partial charge in [0.05, 0.1) is 17.2 Å². The summed E-state index contributed by atoms with van der Waals surface area (Å²) >= 11 is 0. The van der Waals surface area contributed by atoms with Crippen LogP contribution in [0.25, 0.3) is 0 Å². The van der Waals surface area contributed by atoms with Crippen LogP contribution in [0.2, 0.25) is 6.04 Å². The Bertz CT molecular complexity index is 1170. The minimum absolute atomic E-state index is 0.104. The van der Waals surface area contributed by atoms with Crippen molar-refractivity contribution in [2.75, 3.05) is 6.61 Å². The molecule has 0 bridgehead atoms. The van der Waals surface area contributed by atoms with Gasteiger partial charge in [-0.05, 0) is 44.9 Å². The minimum atomic E-state index is -3.77. The maximum absolute atomic E-state index is 12.4. The Morgan fingerprint density at radius 2 is 1.47 bits per heavy atom. The molecule has 0 aliphatic carbocycles. The third-order valence-corrected chi connectivity index (χ3v) is 13.1. The minimum Gasteiger partial charge on any atom is -0.392 e. The molecule has 4 nitrogen and oxygen atoms in total. The highest BCUT2D eigenvalue weighted by molar-refractivity contribution is 7.86. The van der Waals surface area contributed by atoms with Gasteiger partial charge in [0.25, 0.3) is 10.1 Å². The Labute approximate surface area is 217 Å². The van der Waals surface area contributed by atoms with E-state index >= 15 is 0 Å². The number of allylic oxidation sites excluding steroid dienone is 1. The van der Waals surface area contributed by atoms with E-state index in [0.717, 1.165) is 30.0 Å². The molecule has 0 aromatic heterocycles. The Morgan fingerprint density at radius 3 is 2.00 bits per heavy atom. The maximum atomic E-state index is 12.4. The van der Waals surface area contributed by atoms with Crippen molar-refractivity contribution in [3.63, 3.8) is 0 Å². The number of aryl methyl sites for hydroxylation is 1. The number of rotatable bonds is 13. The Balaban J connectivity index is 1.76. The monoisotopic (exact) mass is 522 g/mol. The van der Waals surface area contributed by atoms with Crippen LogP contribution in [0.3, 0.4) is 0 Å². The molecule has 1 atom stereocenters. The zero-order valence-corrected chi connectivity index (χ0v) is 23.4. The lowest BCUT2D eigenvalue weighted by atomic mass is 10.1. The summed E-state index contributed by atoms with van der Waals surface area (Å²) in [7, 11) is -6.27. The van der Waals surface area contributed by atoms with Crippen molar-refractivity contribution in [3.8, 4) is 0 Å². The fourth-order valence-electron chi connectivity index (χ4n) is 4.66. The molecule has 192 valence electrons. The lowest BCUT2D eigenvalue weighted by molar-refractivity contribution is 0.289. The fourth-order valence-corrected chi connectivity index (χ4v) is 10.5. The lowest BCUT2D eigenvalue weighted by Crippen LogP contribution is -2.66. The van der Waals surface area contributed by atoms with Gasteiger partial charge in [-0.1, -0.05) is 120 Å². The normalized spacial score (nSPS) is 13.5. The molecule has 0 amide bonds. The van der Waals surface area contributed by atoms with E-state index in [4.69, 9.17) is 4.18 Å². The molecule has 6 heteroatoms. The molecular formula is C30H38O4SSi. The largest absolute Gasteiger partial charge is 0.392 e. The van der Waals surface area contributed by atoms with Gasteiger partial charge in [-0.2, -0.15) is 8.42 Å². The van der Waals surface area contributed by atoms with Gasteiger partial charge in [0.15, 0.2) is 8.07 Å². The molecule has 1 unspecified atom stereocenters. The van der Waals surface area contributed by atoms with E-state index in [2.05, 4.69) is 55.5 Å². The zero-order chi connectivity index (χ0) is 26.0. The number of aliphatic hydroxyl groups is 1. The third-order valence-electron chi connectivity index (χ3n) is 6.71. The van der Waals surface area contributed by atoms with E-state index in [1.807, 2.05) is 32.1 Å². The van der Waals surface area contributed by atoms with Crippen LogP contribution in [0.5, 0.6) is 0 Å². The van der Waals surface area contributed by atoms with Crippen molar-refractivity contribution in [2.45, 2.75) is 63.1 Å². The molecule has 36 heavy (non-hydrogen) atoms. The first kappa shape index (κ1) is 28.1.